The van der Waals surface area contributed by atoms with Gasteiger partial charge in [-0.05, 0) is 38.5 Å². The summed E-state index contributed by atoms with van der Waals surface area (Å²) in [4.78, 5) is 36.9. The van der Waals surface area contributed by atoms with E-state index < -0.39 is 17.9 Å². The second-order valence-corrected chi connectivity index (χ2v) is 5.61. The molecule has 6 nitrogen and oxygen atoms in total. The molecule has 3 unspecified atom stereocenters. The van der Waals surface area contributed by atoms with Gasteiger partial charge < -0.3 is 14.7 Å². The molecule has 1 amide bonds. The number of amides is 1. The van der Waals surface area contributed by atoms with E-state index in [0.29, 0.717) is 32.2 Å². The number of methoxy groups -OCH3 is 1. The van der Waals surface area contributed by atoms with E-state index in [2.05, 4.69) is 0 Å². The summed E-state index contributed by atoms with van der Waals surface area (Å²) >= 11 is 0. The maximum Gasteiger partial charge on any atom is 0.328 e. The molecule has 2 rings (SSSR count). The van der Waals surface area contributed by atoms with Gasteiger partial charge in [0.15, 0.2) is 0 Å². The highest BCUT2D eigenvalue weighted by Gasteiger charge is 2.40. The van der Waals surface area contributed by atoms with Crippen molar-refractivity contribution in [2.75, 3.05) is 13.7 Å². The van der Waals surface area contributed by atoms with Gasteiger partial charge in [-0.2, -0.15) is 0 Å². The molecule has 2 aliphatic rings. The normalized spacial score (nSPS) is 30.1. The molecule has 0 radical (unpaired) electrons. The summed E-state index contributed by atoms with van der Waals surface area (Å²) in [5.74, 6) is -1.97. The van der Waals surface area contributed by atoms with E-state index in [1.807, 2.05) is 0 Å². The lowest BCUT2D eigenvalue weighted by Crippen LogP contribution is -2.50. The minimum atomic E-state index is -0.830. The highest BCUT2D eigenvalue weighted by atomic mass is 16.5. The molecular formula is C14H21NO5. The molecule has 1 heterocycles. The first-order valence-corrected chi connectivity index (χ1v) is 7.15. The van der Waals surface area contributed by atoms with Crippen molar-refractivity contribution >= 4 is 17.8 Å². The lowest BCUT2D eigenvalue weighted by atomic mass is 9.97. The number of nitrogens with zero attached hydrogens (tertiary/aromatic N) is 1. The first-order valence-electron chi connectivity index (χ1n) is 7.15. The first-order chi connectivity index (χ1) is 9.54. The fraction of sp³-hybridized carbons (Fsp3) is 0.786. The molecule has 1 saturated carbocycles. The largest absolute Gasteiger partial charge is 0.481 e. The van der Waals surface area contributed by atoms with Gasteiger partial charge in [0.05, 0.1) is 13.0 Å². The van der Waals surface area contributed by atoms with Crippen LogP contribution in [0.1, 0.15) is 38.5 Å². The van der Waals surface area contributed by atoms with Crippen molar-refractivity contribution in [2.45, 2.75) is 44.6 Å². The highest BCUT2D eigenvalue weighted by Crippen LogP contribution is 2.34. The second kappa shape index (κ2) is 6.24. The van der Waals surface area contributed by atoms with Crippen molar-refractivity contribution in [2.24, 2.45) is 11.8 Å². The Bertz CT molecular complexity index is 408. The quantitative estimate of drug-likeness (QED) is 0.782. The SMILES string of the molecule is COC(=O)C1CCCCN1C(=O)C1CCC(C(=O)O)C1. The van der Waals surface area contributed by atoms with Crippen molar-refractivity contribution in [3.05, 3.63) is 0 Å². The van der Waals surface area contributed by atoms with Gasteiger partial charge in [-0.25, -0.2) is 4.79 Å². The molecule has 3 atom stereocenters. The van der Waals surface area contributed by atoms with Gasteiger partial charge in [-0.1, -0.05) is 0 Å². The summed E-state index contributed by atoms with van der Waals surface area (Å²) in [6, 6.07) is -0.495. The van der Waals surface area contributed by atoms with Crippen LogP contribution in [0.3, 0.4) is 0 Å². The Morgan fingerprint density at radius 2 is 1.80 bits per heavy atom. The lowest BCUT2D eigenvalue weighted by Gasteiger charge is -2.35. The van der Waals surface area contributed by atoms with Gasteiger partial charge in [0.2, 0.25) is 5.91 Å². The Labute approximate surface area is 118 Å². The minimum absolute atomic E-state index is 0.0798. The van der Waals surface area contributed by atoms with Gasteiger partial charge in [-0.3, -0.25) is 9.59 Å². The molecule has 112 valence electrons. The predicted octanol–water partition coefficient (Wildman–Crippen LogP) is 1.04. The number of carbonyl (C=O) groups excluding carboxylic acids is 2. The van der Waals surface area contributed by atoms with Crippen LogP contribution in [-0.2, 0) is 19.1 Å². The van der Waals surface area contributed by atoms with E-state index >= 15 is 0 Å². The molecule has 20 heavy (non-hydrogen) atoms. The Balaban J connectivity index is 2.03. The average molecular weight is 283 g/mol. The first kappa shape index (κ1) is 14.8. The molecule has 1 aliphatic carbocycles. The standard InChI is InChI=1S/C14H21NO5/c1-20-14(19)11-4-2-3-7-15(11)12(16)9-5-6-10(8-9)13(17)18/h9-11H,2-8H2,1H3,(H,17,18). The molecule has 0 aromatic rings. The zero-order chi connectivity index (χ0) is 14.7. The van der Waals surface area contributed by atoms with Crippen LogP contribution >= 0.6 is 0 Å². The topological polar surface area (TPSA) is 83.9 Å². The molecule has 1 aliphatic heterocycles. The summed E-state index contributed by atoms with van der Waals surface area (Å²) in [5.41, 5.74) is 0. The van der Waals surface area contributed by atoms with Crippen molar-refractivity contribution in [1.82, 2.24) is 4.90 Å². The monoisotopic (exact) mass is 283 g/mol. The zero-order valence-electron chi connectivity index (χ0n) is 11.7. The molecule has 1 saturated heterocycles. The van der Waals surface area contributed by atoms with Crippen molar-refractivity contribution < 1.29 is 24.2 Å². The van der Waals surface area contributed by atoms with Crippen LogP contribution in [0.4, 0.5) is 0 Å². The van der Waals surface area contributed by atoms with Crippen LogP contribution in [0.25, 0.3) is 0 Å². The molecular weight excluding hydrogens is 262 g/mol. The third-order valence-corrected chi connectivity index (χ3v) is 4.39. The summed E-state index contributed by atoms with van der Waals surface area (Å²) < 4.78 is 4.77. The average Bonchev–Trinajstić information content (AvgIpc) is 2.95. The van der Waals surface area contributed by atoms with E-state index in [1.165, 1.54) is 7.11 Å². The second-order valence-electron chi connectivity index (χ2n) is 5.61. The van der Waals surface area contributed by atoms with Crippen molar-refractivity contribution in [1.29, 1.82) is 0 Å². The number of aliphatic carboxylic acids is 1. The molecule has 2 fully saturated rings. The Kier molecular flexibility index (Phi) is 4.62. The summed E-state index contributed by atoms with van der Waals surface area (Å²) in [6.45, 7) is 0.562. The van der Waals surface area contributed by atoms with Crippen LogP contribution < -0.4 is 0 Å². The minimum Gasteiger partial charge on any atom is -0.481 e. The molecule has 0 bridgehead atoms. The van der Waals surface area contributed by atoms with Gasteiger partial charge in [-0.15, -0.1) is 0 Å². The van der Waals surface area contributed by atoms with Crippen LogP contribution in [0.2, 0.25) is 0 Å². The predicted molar refractivity (Wildman–Crippen MR) is 69.8 cm³/mol. The van der Waals surface area contributed by atoms with Crippen molar-refractivity contribution in [3.8, 4) is 0 Å². The number of carboxylic acid groups (broad SMARTS) is 1. The van der Waals surface area contributed by atoms with Gasteiger partial charge in [0.25, 0.3) is 0 Å². The Hall–Kier alpha value is -1.59. The van der Waals surface area contributed by atoms with Crippen LogP contribution in [-0.4, -0.2) is 47.5 Å². The molecule has 6 heteroatoms. The molecule has 0 spiro atoms. The summed E-state index contributed by atoms with van der Waals surface area (Å²) in [6.07, 6.45) is 3.95. The fourth-order valence-corrected chi connectivity index (χ4v) is 3.24. The number of ether oxygens (including phenoxy) is 1. The third-order valence-electron chi connectivity index (χ3n) is 4.39. The maximum atomic E-state index is 12.5. The number of hydrogen-bond acceptors (Lipinski definition) is 4. The Morgan fingerprint density at radius 1 is 1.10 bits per heavy atom. The van der Waals surface area contributed by atoms with E-state index in [4.69, 9.17) is 9.84 Å². The van der Waals surface area contributed by atoms with E-state index in [1.54, 1.807) is 4.90 Å². The smallest absolute Gasteiger partial charge is 0.328 e. The van der Waals surface area contributed by atoms with Crippen LogP contribution in [0.5, 0.6) is 0 Å². The molecule has 1 N–H and O–H groups in total. The number of esters is 1. The van der Waals surface area contributed by atoms with Gasteiger partial charge >= 0.3 is 11.9 Å². The van der Waals surface area contributed by atoms with Crippen LogP contribution in [0, 0.1) is 11.8 Å². The number of carbonyl (C=O) groups is 3. The number of piperidine rings is 1. The lowest BCUT2D eigenvalue weighted by molar-refractivity contribution is -0.156. The number of rotatable bonds is 3. The third kappa shape index (κ3) is 2.94. The summed E-state index contributed by atoms with van der Waals surface area (Å²) in [7, 11) is 1.33. The van der Waals surface area contributed by atoms with Gasteiger partial charge in [0.1, 0.15) is 6.04 Å². The van der Waals surface area contributed by atoms with Crippen LogP contribution in [0.15, 0.2) is 0 Å². The van der Waals surface area contributed by atoms with E-state index in [9.17, 15) is 14.4 Å². The van der Waals surface area contributed by atoms with E-state index in [0.717, 1.165) is 12.8 Å². The number of likely N-dealkylation sites (tertiary alicyclic amines) is 1. The maximum absolute atomic E-state index is 12.5. The highest BCUT2D eigenvalue weighted by molar-refractivity contribution is 5.86. The number of carboxylic acids is 1. The fourth-order valence-electron chi connectivity index (χ4n) is 3.24. The molecule has 0 aromatic heterocycles. The van der Waals surface area contributed by atoms with E-state index in [-0.39, 0.29) is 17.8 Å². The Morgan fingerprint density at radius 3 is 2.40 bits per heavy atom. The number of hydrogen-bond donors (Lipinski definition) is 1. The summed E-state index contributed by atoms with van der Waals surface area (Å²) in [5, 5.41) is 9.00. The zero-order valence-corrected chi connectivity index (χ0v) is 11.7. The van der Waals surface area contributed by atoms with Crippen molar-refractivity contribution in [3.63, 3.8) is 0 Å². The molecule has 0 aromatic carbocycles. The van der Waals surface area contributed by atoms with Gasteiger partial charge in [0, 0.05) is 12.5 Å².